The summed E-state index contributed by atoms with van der Waals surface area (Å²) in [6.07, 6.45) is 17.4. The normalized spacial score (nSPS) is 30.0. The van der Waals surface area contributed by atoms with Crippen LogP contribution in [0.1, 0.15) is 87.8 Å². The Labute approximate surface area is 148 Å². The van der Waals surface area contributed by atoms with Crippen LogP contribution in [-0.4, -0.2) is 5.54 Å². The molecule has 3 rings (SSSR count). The van der Waals surface area contributed by atoms with E-state index in [-0.39, 0.29) is 5.54 Å². The van der Waals surface area contributed by atoms with Crippen LogP contribution in [0.15, 0.2) is 30.4 Å². The molecule has 1 aromatic rings. The fraction of sp³-hybridized carbons (Fsp3) is 0.652. The molecule has 0 aromatic heterocycles. The average molecular weight is 326 g/mol. The van der Waals surface area contributed by atoms with Crippen LogP contribution in [0.25, 0.3) is 0 Å². The second kappa shape index (κ2) is 7.87. The van der Waals surface area contributed by atoms with Crippen molar-refractivity contribution in [3.05, 3.63) is 47.0 Å². The molecule has 2 aliphatic carbocycles. The maximum atomic E-state index is 6.33. The summed E-state index contributed by atoms with van der Waals surface area (Å²) in [5, 5.41) is 0. The van der Waals surface area contributed by atoms with E-state index in [9.17, 15) is 0 Å². The van der Waals surface area contributed by atoms with Crippen molar-refractivity contribution in [2.75, 3.05) is 0 Å². The van der Waals surface area contributed by atoms with Gasteiger partial charge in [-0.1, -0.05) is 43.2 Å². The Morgan fingerprint density at radius 2 is 2.08 bits per heavy atom. The molecule has 0 amide bonds. The highest BCUT2D eigenvalue weighted by Crippen LogP contribution is 2.40. The summed E-state index contributed by atoms with van der Waals surface area (Å²) in [6.45, 7) is 4.33. The first-order valence-corrected chi connectivity index (χ1v) is 10.1. The van der Waals surface area contributed by atoms with Gasteiger partial charge in [-0.3, -0.25) is 0 Å². The van der Waals surface area contributed by atoms with Gasteiger partial charge in [0.2, 0.25) is 0 Å². The summed E-state index contributed by atoms with van der Waals surface area (Å²) < 4.78 is 0. The van der Waals surface area contributed by atoms with E-state index >= 15 is 0 Å². The number of benzene rings is 1. The first-order chi connectivity index (χ1) is 11.6. The first-order valence-electron chi connectivity index (χ1n) is 10.1. The number of fused-ring (bicyclic) bond motifs is 1. The monoisotopic (exact) mass is 325 g/mol. The van der Waals surface area contributed by atoms with Gasteiger partial charge in [0.1, 0.15) is 0 Å². The highest BCUT2D eigenvalue weighted by atomic mass is 14.7. The van der Waals surface area contributed by atoms with E-state index in [1.54, 1.807) is 16.7 Å². The van der Waals surface area contributed by atoms with Crippen molar-refractivity contribution in [3.63, 3.8) is 0 Å². The van der Waals surface area contributed by atoms with E-state index in [4.69, 9.17) is 5.73 Å². The summed E-state index contributed by atoms with van der Waals surface area (Å²) in [7, 11) is 0. The number of unbranched alkanes of at least 4 members (excludes halogenated alkanes) is 2. The molecular formula is C23H35N. The van der Waals surface area contributed by atoms with Crippen LogP contribution in [0.2, 0.25) is 0 Å². The van der Waals surface area contributed by atoms with Gasteiger partial charge in [-0.25, -0.2) is 0 Å². The first kappa shape index (κ1) is 17.7. The minimum absolute atomic E-state index is 0.0542. The SMILES string of the molecule is C/C=C/CCCC[C@@H]1CCc2cc([C@H]3CC[C@@](C)(N)C3)ccc2C1. The minimum Gasteiger partial charge on any atom is -0.325 e. The molecule has 0 radical (unpaired) electrons. The van der Waals surface area contributed by atoms with Crippen molar-refractivity contribution < 1.29 is 0 Å². The molecule has 1 heteroatoms. The quantitative estimate of drug-likeness (QED) is 0.510. The van der Waals surface area contributed by atoms with Gasteiger partial charge in [0, 0.05) is 5.54 Å². The molecule has 0 aliphatic heterocycles. The molecule has 0 spiro atoms. The molecule has 1 nitrogen and oxygen atoms in total. The number of nitrogens with two attached hydrogens (primary N) is 1. The van der Waals surface area contributed by atoms with Gasteiger partial charge in [-0.05, 0) is 93.7 Å². The molecular weight excluding hydrogens is 290 g/mol. The van der Waals surface area contributed by atoms with Crippen LogP contribution in [0, 0.1) is 5.92 Å². The van der Waals surface area contributed by atoms with Gasteiger partial charge in [-0.2, -0.15) is 0 Å². The zero-order valence-corrected chi connectivity index (χ0v) is 15.7. The molecule has 3 atom stereocenters. The van der Waals surface area contributed by atoms with Crippen molar-refractivity contribution in [3.8, 4) is 0 Å². The minimum atomic E-state index is 0.0542. The van der Waals surface area contributed by atoms with E-state index in [2.05, 4.69) is 44.2 Å². The van der Waals surface area contributed by atoms with E-state index < -0.39 is 0 Å². The lowest BCUT2D eigenvalue weighted by molar-refractivity contribution is 0.409. The predicted octanol–water partition coefficient (Wildman–Crippen LogP) is 5.91. The van der Waals surface area contributed by atoms with Gasteiger partial charge in [-0.15, -0.1) is 0 Å². The highest BCUT2D eigenvalue weighted by Gasteiger charge is 2.32. The molecule has 24 heavy (non-hydrogen) atoms. The van der Waals surface area contributed by atoms with Crippen molar-refractivity contribution in [1.82, 2.24) is 0 Å². The van der Waals surface area contributed by atoms with Crippen LogP contribution in [0.4, 0.5) is 0 Å². The van der Waals surface area contributed by atoms with Crippen molar-refractivity contribution in [2.45, 2.75) is 89.5 Å². The summed E-state index contributed by atoms with van der Waals surface area (Å²) in [5.41, 5.74) is 11.2. The van der Waals surface area contributed by atoms with Gasteiger partial charge in [0.15, 0.2) is 0 Å². The molecule has 0 saturated heterocycles. The molecule has 0 bridgehead atoms. The lowest BCUT2D eigenvalue weighted by atomic mass is 9.79. The summed E-state index contributed by atoms with van der Waals surface area (Å²) in [5.74, 6) is 1.60. The maximum Gasteiger partial charge on any atom is 0.0131 e. The average Bonchev–Trinajstić information content (AvgIpc) is 2.94. The maximum absolute atomic E-state index is 6.33. The van der Waals surface area contributed by atoms with Gasteiger partial charge >= 0.3 is 0 Å². The number of allylic oxidation sites excluding steroid dienone is 2. The Hall–Kier alpha value is -1.08. The molecule has 2 N–H and O–H groups in total. The van der Waals surface area contributed by atoms with E-state index in [1.165, 1.54) is 57.8 Å². The highest BCUT2D eigenvalue weighted by molar-refractivity contribution is 5.36. The van der Waals surface area contributed by atoms with Crippen LogP contribution < -0.4 is 5.73 Å². The van der Waals surface area contributed by atoms with Crippen LogP contribution in [0.3, 0.4) is 0 Å². The Bertz CT molecular complexity index is 569. The van der Waals surface area contributed by atoms with Crippen molar-refractivity contribution in [1.29, 1.82) is 0 Å². The molecule has 0 heterocycles. The van der Waals surface area contributed by atoms with Gasteiger partial charge in [0.05, 0.1) is 0 Å². The standard InChI is InChI=1S/C23H35N/c1-3-4-5-6-7-8-18-9-10-20-16-21(12-11-19(20)15-18)22-13-14-23(2,24)17-22/h3-4,11-12,16,18,22H,5-10,13-15,17,24H2,1-2H3/b4-3+/t18-,22+,23-/m1/s1. The van der Waals surface area contributed by atoms with Crippen LogP contribution in [-0.2, 0) is 12.8 Å². The lowest BCUT2D eigenvalue weighted by Crippen LogP contribution is -2.32. The third-order valence-corrected chi connectivity index (χ3v) is 6.28. The molecule has 2 aliphatic rings. The zero-order valence-electron chi connectivity index (χ0n) is 15.7. The van der Waals surface area contributed by atoms with E-state index in [0.29, 0.717) is 5.92 Å². The fourth-order valence-electron chi connectivity index (χ4n) is 4.77. The van der Waals surface area contributed by atoms with Crippen LogP contribution >= 0.6 is 0 Å². The second-order valence-corrected chi connectivity index (χ2v) is 8.58. The Morgan fingerprint density at radius 1 is 1.21 bits per heavy atom. The molecule has 1 aromatic carbocycles. The van der Waals surface area contributed by atoms with E-state index in [0.717, 1.165) is 12.3 Å². The summed E-state index contributed by atoms with van der Waals surface area (Å²) in [4.78, 5) is 0. The third kappa shape index (κ3) is 4.51. The van der Waals surface area contributed by atoms with Gasteiger partial charge in [0.25, 0.3) is 0 Å². The zero-order chi connectivity index (χ0) is 17.0. The molecule has 132 valence electrons. The summed E-state index contributed by atoms with van der Waals surface area (Å²) >= 11 is 0. The summed E-state index contributed by atoms with van der Waals surface area (Å²) in [6, 6.07) is 7.35. The lowest BCUT2D eigenvalue weighted by Gasteiger charge is -2.26. The van der Waals surface area contributed by atoms with Crippen molar-refractivity contribution in [2.24, 2.45) is 11.7 Å². The molecule has 1 fully saturated rings. The Kier molecular flexibility index (Phi) is 5.81. The number of hydrogen-bond donors (Lipinski definition) is 1. The van der Waals surface area contributed by atoms with Crippen molar-refractivity contribution >= 4 is 0 Å². The smallest absolute Gasteiger partial charge is 0.0131 e. The molecule has 1 saturated carbocycles. The van der Waals surface area contributed by atoms with Crippen LogP contribution in [0.5, 0.6) is 0 Å². The largest absolute Gasteiger partial charge is 0.325 e. The number of rotatable bonds is 6. The number of aryl methyl sites for hydroxylation is 1. The second-order valence-electron chi connectivity index (χ2n) is 8.58. The molecule has 0 unspecified atom stereocenters. The number of hydrogen-bond acceptors (Lipinski definition) is 1. The third-order valence-electron chi connectivity index (χ3n) is 6.28. The van der Waals surface area contributed by atoms with E-state index in [1.807, 2.05) is 0 Å². The fourth-order valence-corrected chi connectivity index (χ4v) is 4.77. The Morgan fingerprint density at radius 3 is 2.83 bits per heavy atom. The predicted molar refractivity (Wildman–Crippen MR) is 104 cm³/mol. The topological polar surface area (TPSA) is 26.0 Å². The Balaban J connectivity index is 1.54. The van der Waals surface area contributed by atoms with Gasteiger partial charge < -0.3 is 5.73 Å².